The molecule has 0 fully saturated rings. The summed E-state index contributed by atoms with van der Waals surface area (Å²) in [6.07, 6.45) is 2.89. The Morgan fingerprint density at radius 2 is 2.00 bits per heavy atom. The van der Waals surface area contributed by atoms with Crippen LogP contribution in [0.5, 0.6) is 5.75 Å². The van der Waals surface area contributed by atoms with Crippen LogP contribution < -0.4 is 10.5 Å². The molecule has 0 aromatic heterocycles. The van der Waals surface area contributed by atoms with Gasteiger partial charge in [0, 0.05) is 6.08 Å². The van der Waals surface area contributed by atoms with Gasteiger partial charge in [-0.15, -0.1) is 0 Å². The van der Waals surface area contributed by atoms with Gasteiger partial charge in [-0.1, -0.05) is 24.3 Å². The monoisotopic (exact) mass is 271 g/mol. The number of carbonyl (C=O) groups is 1. The molecule has 1 amide bonds. The van der Waals surface area contributed by atoms with E-state index in [0.717, 1.165) is 11.1 Å². The van der Waals surface area contributed by atoms with Crippen LogP contribution in [-0.4, -0.2) is 5.91 Å². The molecule has 2 N–H and O–H groups in total. The molecule has 0 spiro atoms. The molecule has 4 heteroatoms. The van der Waals surface area contributed by atoms with E-state index in [1.807, 2.05) is 12.1 Å². The van der Waals surface area contributed by atoms with Gasteiger partial charge in [0.15, 0.2) is 0 Å². The van der Waals surface area contributed by atoms with Gasteiger partial charge in [0.1, 0.15) is 18.2 Å². The summed E-state index contributed by atoms with van der Waals surface area (Å²) in [5.74, 6) is -0.152. The van der Waals surface area contributed by atoms with E-state index in [1.54, 1.807) is 30.3 Å². The zero-order chi connectivity index (χ0) is 14.4. The normalized spacial score (nSPS) is 10.7. The first-order chi connectivity index (χ1) is 9.63. The largest absolute Gasteiger partial charge is 0.489 e. The number of hydrogen-bond donors (Lipinski definition) is 1. The van der Waals surface area contributed by atoms with Crippen molar-refractivity contribution in [1.82, 2.24) is 0 Å². The van der Waals surface area contributed by atoms with Crippen molar-refractivity contribution in [3.63, 3.8) is 0 Å². The standard InChI is InChI=1S/C16H14FNO2/c17-14-5-1-4-13(9-14)11-20-15-6-2-3-12(10-15)7-8-16(18)19/h1-10H,11H2,(H2,18,19)/b8-7+. The van der Waals surface area contributed by atoms with Gasteiger partial charge >= 0.3 is 0 Å². The summed E-state index contributed by atoms with van der Waals surface area (Å²) in [5, 5.41) is 0. The van der Waals surface area contributed by atoms with Gasteiger partial charge in [0.05, 0.1) is 0 Å². The molecular weight excluding hydrogens is 257 g/mol. The van der Waals surface area contributed by atoms with E-state index >= 15 is 0 Å². The molecule has 0 aliphatic rings. The molecule has 0 atom stereocenters. The topological polar surface area (TPSA) is 52.3 Å². The summed E-state index contributed by atoms with van der Waals surface area (Å²) < 4.78 is 18.6. The number of carbonyl (C=O) groups excluding carboxylic acids is 1. The average molecular weight is 271 g/mol. The van der Waals surface area contributed by atoms with Gasteiger partial charge in [0.25, 0.3) is 0 Å². The van der Waals surface area contributed by atoms with Crippen LogP contribution in [0.1, 0.15) is 11.1 Å². The highest BCUT2D eigenvalue weighted by Gasteiger charge is 1.98. The SMILES string of the molecule is NC(=O)/C=C/c1cccc(OCc2cccc(F)c2)c1. The van der Waals surface area contributed by atoms with Crippen LogP contribution in [0, 0.1) is 5.82 Å². The molecule has 0 aliphatic carbocycles. The summed E-state index contributed by atoms with van der Waals surface area (Å²) in [6, 6.07) is 13.4. The Morgan fingerprint density at radius 1 is 1.20 bits per heavy atom. The third-order valence-electron chi connectivity index (χ3n) is 2.59. The Labute approximate surface area is 116 Å². The second-order valence-electron chi connectivity index (χ2n) is 4.23. The van der Waals surface area contributed by atoms with Crippen molar-refractivity contribution in [1.29, 1.82) is 0 Å². The number of ether oxygens (including phenoxy) is 1. The molecule has 0 saturated heterocycles. The molecule has 3 nitrogen and oxygen atoms in total. The Kier molecular flexibility index (Phi) is 4.50. The Hall–Kier alpha value is -2.62. The summed E-state index contributed by atoms with van der Waals surface area (Å²) in [7, 11) is 0. The van der Waals surface area contributed by atoms with Crippen LogP contribution in [0.3, 0.4) is 0 Å². The lowest BCUT2D eigenvalue weighted by Crippen LogP contribution is -2.05. The second-order valence-corrected chi connectivity index (χ2v) is 4.23. The van der Waals surface area contributed by atoms with Crippen LogP contribution in [-0.2, 0) is 11.4 Å². The van der Waals surface area contributed by atoms with E-state index in [9.17, 15) is 9.18 Å². The number of amides is 1. The third kappa shape index (κ3) is 4.24. The first kappa shape index (κ1) is 13.8. The third-order valence-corrected chi connectivity index (χ3v) is 2.59. The van der Waals surface area contributed by atoms with E-state index < -0.39 is 5.91 Å². The van der Waals surface area contributed by atoms with E-state index in [-0.39, 0.29) is 12.4 Å². The zero-order valence-corrected chi connectivity index (χ0v) is 10.8. The first-order valence-corrected chi connectivity index (χ1v) is 6.08. The zero-order valence-electron chi connectivity index (χ0n) is 10.8. The number of primary amides is 1. The maximum absolute atomic E-state index is 13.0. The highest BCUT2D eigenvalue weighted by atomic mass is 19.1. The van der Waals surface area contributed by atoms with Crippen molar-refractivity contribution >= 4 is 12.0 Å². The van der Waals surface area contributed by atoms with E-state index in [0.29, 0.717) is 5.75 Å². The van der Waals surface area contributed by atoms with Crippen molar-refractivity contribution < 1.29 is 13.9 Å². The summed E-state index contributed by atoms with van der Waals surface area (Å²) in [4.78, 5) is 10.7. The molecule has 0 unspecified atom stereocenters. The fourth-order valence-electron chi connectivity index (χ4n) is 1.68. The quantitative estimate of drug-likeness (QED) is 0.850. The molecule has 0 heterocycles. The highest BCUT2D eigenvalue weighted by Crippen LogP contribution is 2.16. The minimum absolute atomic E-state index is 0.279. The fourth-order valence-corrected chi connectivity index (χ4v) is 1.68. The van der Waals surface area contributed by atoms with E-state index in [4.69, 9.17) is 10.5 Å². The molecule has 2 aromatic rings. The number of rotatable bonds is 5. The summed E-state index contributed by atoms with van der Waals surface area (Å²) >= 11 is 0. The number of hydrogen-bond acceptors (Lipinski definition) is 2. The van der Waals surface area contributed by atoms with Gasteiger partial charge < -0.3 is 10.5 Å². The molecule has 0 bridgehead atoms. The van der Waals surface area contributed by atoms with Crippen molar-refractivity contribution in [2.24, 2.45) is 5.73 Å². The minimum atomic E-state index is -0.504. The van der Waals surface area contributed by atoms with Crippen LogP contribution in [0.2, 0.25) is 0 Å². The maximum atomic E-state index is 13.0. The lowest BCUT2D eigenvalue weighted by atomic mass is 10.2. The van der Waals surface area contributed by atoms with E-state index in [1.165, 1.54) is 18.2 Å². The molecule has 102 valence electrons. The Morgan fingerprint density at radius 3 is 2.75 bits per heavy atom. The van der Waals surface area contributed by atoms with Crippen molar-refractivity contribution in [3.8, 4) is 5.75 Å². The molecule has 0 aliphatic heterocycles. The Bertz CT molecular complexity index is 638. The van der Waals surface area contributed by atoms with Crippen LogP contribution >= 0.6 is 0 Å². The highest BCUT2D eigenvalue weighted by molar-refractivity contribution is 5.90. The molecular formula is C16H14FNO2. The number of halogens is 1. The number of nitrogens with two attached hydrogens (primary N) is 1. The van der Waals surface area contributed by atoms with Crippen LogP contribution in [0.25, 0.3) is 6.08 Å². The molecule has 2 rings (SSSR count). The first-order valence-electron chi connectivity index (χ1n) is 6.08. The number of benzene rings is 2. The summed E-state index contributed by atoms with van der Waals surface area (Å²) in [6.45, 7) is 0.279. The second kappa shape index (κ2) is 6.52. The van der Waals surface area contributed by atoms with Crippen molar-refractivity contribution in [3.05, 3.63) is 71.6 Å². The predicted molar refractivity (Wildman–Crippen MR) is 75.4 cm³/mol. The smallest absolute Gasteiger partial charge is 0.241 e. The average Bonchev–Trinajstić information content (AvgIpc) is 2.43. The lowest BCUT2D eigenvalue weighted by Gasteiger charge is -2.07. The van der Waals surface area contributed by atoms with Crippen LogP contribution in [0.4, 0.5) is 4.39 Å². The van der Waals surface area contributed by atoms with Gasteiger partial charge in [0.2, 0.25) is 5.91 Å². The van der Waals surface area contributed by atoms with Crippen molar-refractivity contribution in [2.45, 2.75) is 6.61 Å². The van der Waals surface area contributed by atoms with Crippen LogP contribution in [0.15, 0.2) is 54.6 Å². The molecule has 2 aromatic carbocycles. The molecule has 0 saturated carbocycles. The maximum Gasteiger partial charge on any atom is 0.241 e. The van der Waals surface area contributed by atoms with Gasteiger partial charge in [-0.2, -0.15) is 0 Å². The van der Waals surface area contributed by atoms with Gasteiger partial charge in [-0.25, -0.2) is 4.39 Å². The molecule has 20 heavy (non-hydrogen) atoms. The fraction of sp³-hybridized carbons (Fsp3) is 0.0625. The Balaban J connectivity index is 2.03. The predicted octanol–water partition coefficient (Wildman–Crippen LogP) is 2.90. The van der Waals surface area contributed by atoms with Gasteiger partial charge in [-0.3, -0.25) is 4.79 Å². The van der Waals surface area contributed by atoms with Crippen molar-refractivity contribution in [2.75, 3.05) is 0 Å². The molecule has 0 radical (unpaired) electrons. The summed E-state index contributed by atoms with van der Waals surface area (Å²) in [5.41, 5.74) is 6.59. The minimum Gasteiger partial charge on any atom is -0.489 e. The van der Waals surface area contributed by atoms with Gasteiger partial charge in [-0.05, 0) is 41.5 Å². The van der Waals surface area contributed by atoms with E-state index in [2.05, 4.69) is 0 Å². The lowest BCUT2D eigenvalue weighted by molar-refractivity contribution is -0.113.